The van der Waals surface area contributed by atoms with Crippen molar-refractivity contribution in [3.05, 3.63) is 24.3 Å². The maximum Gasteiger partial charge on any atom is 0.0368 e. The number of nitrogens with zero attached hydrogens (tertiary/aromatic N) is 2. The lowest BCUT2D eigenvalue weighted by molar-refractivity contribution is 0.170. The van der Waals surface area contributed by atoms with Crippen LogP contribution in [0.25, 0.3) is 0 Å². The molecule has 2 atom stereocenters. The van der Waals surface area contributed by atoms with Crippen molar-refractivity contribution in [3.63, 3.8) is 0 Å². The van der Waals surface area contributed by atoms with Gasteiger partial charge < -0.3 is 16.0 Å². The molecule has 0 spiro atoms. The summed E-state index contributed by atoms with van der Waals surface area (Å²) in [6.07, 6.45) is 4.91. The highest BCUT2D eigenvalue weighted by molar-refractivity contribution is 5.55. The molecule has 3 rings (SSSR count). The van der Waals surface area contributed by atoms with E-state index in [1.54, 1.807) is 0 Å². The monoisotopic (exact) mass is 330 g/mol. The normalized spacial score (nSPS) is 31.9. The molecule has 4 heteroatoms. The molecule has 0 amide bonds. The van der Waals surface area contributed by atoms with E-state index in [1.165, 1.54) is 37.1 Å². The Labute approximate surface area is 147 Å². The third kappa shape index (κ3) is 4.22. The lowest BCUT2D eigenvalue weighted by Gasteiger charge is -2.43. The molecule has 4 nitrogen and oxygen atoms in total. The van der Waals surface area contributed by atoms with Crippen LogP contribution in [0.2, 0.25) is 0 Å². The largest absolute Gasteiger partial charge is 0.385 e. The molecule has 0 radical (unpaired) electrons. The summed E-state index contributed by atoms with van der Waals surface area (Å²) >= 11 is 0. The molecule has 1 aromatic rings. The lowest BCUT2D eigenvalue weighted by Crippen LogP contribution is -2.55. The van der Waals surface area contributed by atoms with Crippen LogP contribution in [-0.4, -0.2) is 49.7 Å². The van der Waals surface area contributed by atoms with Crippen LogP contribution in [0.5, 0.6) is 0 Å². The van der Waals surface area contributed by atoms with Crippen molar-refractivity contribution in [2.45, 2.75) is 57.7 Å². The standard InChI is InChI=1S/C20H34N4/c1-15-13-24(14-16(2)23(15)3)20-10-8-19(9-11-20)22-12-17-4-6-18(21)7-5-17/h8-11,15-18,22H,4-7,12-14,21H2,1-3H3. The predicted molar refractivity (Wildman–Crippen MR) is 104 cm³/mol. The minimum atomic E-state index is 0.439. The third-order valence-electron chi connectivity index (χ3n) is 6.08. The van der Waals surface area contributed by atoms with E-state index >= 15 is 0 Å². The van der Waals surface area contributed by atoms with Gasteiger partial charge in [-0.05, 0) is 76.8 Å². The highest BCUT2D eigenvalue weighted by Gasteiger charge is 2.26. The number of likely N-dealkylation sites (N-methyl/N-ethyl adjacent to an activating group) is 1. The minimum Gasteiger partial charge on any atom is -0.385 e. The number of benzene rings is 1. The second-order valence-electron chi connectivity index (χ2n) is 7.98. The first-order valence-corrected chi connectivity index (χ1v) is 9.59. The molecule has 2 unspecified atom stereocenters. The van der Waals surface area contributed by atoms with Crippen LogP contribution in [0.15, 0.2) is 24.3 Å². The first-order chi connectivity index (χ1) is 11.5. The molecular formula is C20H34N4. The van der Waals surface area contributed by atoms with Crippen molar-refractivity contribution in [2.75, 3.05) is 36.9 Å². The molecule has 0 bridgehead atoms. The van der Waals surface area contributed by atoms with Gasteiger partial charge in [-0.25, -0.2) is 0 Å². The van der Waals surface area contributed by atoms with Crippen molar-refractivity contribution in [1.29, 1.82) is 0 Å². The molecule has 0 aromatic heterocycles. The van der Waals surface area contributed by atoms with E-state index in [2.05, 4.69) is 60.3 Å². The van der Waals surface area contributed by atoms with E-state index in [9.17, 15) is 0 Å². The van der Waals surface area contributed by atoms with Gasteiger partial charge in [0.25, 0.3) is 0 Å². The average Bonchev–Trinajstić information content (AvgIpc) is 2.59. The zero-order chi connectivity index (χ0) is 17.1. The molecule has 1 saturated carbocycles. The lowest BCUT2D eigenvalue weighted by atomic mass is 9.86. The Bertz CT molecular complexity index is 495. The van der Waals surface area contributed by atoms with Gasteiger partial charge in [0, 0.05) is 49.1 Å². The molecule has 3 N–H and O–H groups in total. The summed E-state index contributed by atoms with van der Waals surface area (Å²) in [6, 6.07) is 10.6. The zero-order valence-electron chi connectivity index (χ0n) is 15.5. The van der Waals surface area contributed by atoms with Gasteiger partial charge in [-0.2, -0.15) is 0 Å². The molecule has 1 heterocycles. The van der Waals surface area contributed by atoms with Crippen LogP contribution in [0.3, 0.4) is 0 Å². The summed E-state index contributed by atoms with van der Waals surface area (Å²) in [5.74, 6) is 0.781. The molecule has 1 aliphatic carbocycles. The summed E-state index contributed by atoms with van der Waals surface area (Å²) in [7, 11) is 2.23. The van der Waals surface area contributed by atoms with Gasteiger partial charge in [0.2, 0.25) is 0 Å². The molecule has 24 heavy (non-hydrogen) atoms. The maximum atomic E-state index is 5.99. The fourth-order valence-corrected chi connectivity index (χ4v) is 4.06. The van der Waals surface area contributed by atoms with Crippen molar-refractivity contribution in [1.82, 2.24) is 4.90 Å². The average molecular weight is 331 g/mol. The van der Waals surface area contributed by atoms with Crippen molar-refractivity contribution >= 4 is 11.4 Å². The summed E-state index contributed by atoms with van der Waals surface area (Å²) < 4.78 is 0. The van der Waals surface area contributed by atoms with E-state index in [4.69, 9.17) is 5.73 Å². The van der Waals surface area contributed by atoms with Crippen LogP contribution < -0.4 is 16.0 Å². The van der Waals surface area contributed by atoms with Gasteiger partial charge in [0.15, 0.2) is 0 Å². The van der Waals surface area contributed by atoms with Gasteiger partial charge in [0.05, 0.1) is 0 Å². The smallest absolute Gasteiger partial charge is 0.0368 e. The van der Waals surface area contributed by atoms with Gasteiger partial charge >= 0.3 is 0 Å². The van der Waals surface area contributed by atoms with Gasteiger partial charge in [0.1, 0.15) is 0 Å². The summed E-state index contributed by atoms with van der Waals surface area (Å²) in [5.41, 5.74) is 8.57. The first-order valence-electron chi connectivity index (χ1n) is 9.59. The Kier molecular flexibility index (Phi) is 5.67. The number of piperazine rings is 1. The van der Waals surface area contributed by atoms with Crippen LogP contribution >= 0.6 is 0 Å². The number of rotatable bonds is 4. The van der Waals surface area contributed by atoms with Crippen LogP contribution in [0, 0.1) is 5.92 Å². The van der Waals surface area contributed by atoms with Crippen molar-refractivity contribution in [2.24, 2.45) is 11.7 Å². The fraction of sp³-hybridized carbons (Fsp3) is 0.700. The number of hydrogen-bond acceptors (Lipinski definition) is 4. The minimum absolute atomic E-state index is 0.439. The second-order valence-corrected chi connectivity index (χ2v) is 7.98. The highest BCUT2D eigenvalue weighted by atomic mass is 15.3. The van der Waals surface area contributed by atoms with E-state index in [1.807, 2.05) is 0 Å². The Balaban J connectivity index is 1.52. The topological polar surface area (TPSA) is 44.5 Å². The van der Waals surface area contributed by atoms with E-state index in [0.29, 0.717) is 18.1 Å². The molecule has 2 aliphatic rings. The van der Waals surface area contributed by atoms with Gasteiger partial charge in [-0.15, -0.1) is 0 Å². The van der Waals surface area contributed by atoms with Crippen LogP contribution in [0.1, 0.15) is 39.5 Å². The molecule has 1 aliphatic heterocycles. The SMILES string of the molecule is CC1CN(c2ccc(NCC3CCC(N)CC3)cc2)CC(C)N1C. The van der Waals surface area contributed by atoms with Crippen LogP contribution in [-0.2, 0) is 0 Å². The Morgan fingerprint density at radius 3 is 2.17 bits per heavy atom. The third-order valence-corrected chi connectivity index (χ3v) is 6.08. The zero-order valence-corrected chi connectivity index (χ0v) is 15.5. The van der Waals surface area contributed by atoms with E-state index < -0.39 is 0 Å². The molecule has 1 aromatic carbocycles. The molecular weight excluding hydrogens is 296 g/mol. The highest BCUT2D eigenvalue weighted by Crippen LogP contribution is 2.25. The quantitative estimate of drug-likeness (QED) is 0.890. The Morgan fingerprint density at radius 1 is 1.00 bits per heavy atom. The first kappa shape index (κ1) is 17.6. The summed E-state index contributed by atoms with van der Waals surface area (Å²) in [4.78, 5) is 4.99. The summed E-state index contributed by atoms with van der Waals surface area (Å²) in [5, 5.41) is 3.62. The number of anilines is 2. The summed E-state index contributed by atoms with van der Waals surface area (Å²) in [6.45, 7) is 7.92. The van der Waals surface area contributed by atoms with Crippen LogP contribution in [0.4, 0.5) is 11.4 Å². The van der Waals surface area contributed by atoms with Crippen molar-refractivity contribution < 1.29 is 0 Å². The Hall–Kier alpha value is -1.26. The second kappa shape index (κ2) is 7.75. The van der Waals surface area contributed by atoms with Gasteiger partial charge in [-0.3, -0.25) is 4.90 Å². The number of nitrogens with one attached hydrogen (secondary N) is 1. The van der Waals surface area contributed by atoms with Gasteiger partial charge in [-0.1, -0.05) is 0 Å². The maximum absolute atomic E-state index is 5.99. The predicted octanol–water partition coefficient (Wildman–Crippen LogP) is 3.14. The van der Waals surface area contributed by atoms with E-state index in [-0.39, 0.29) is 0 Å². The number of hydrogen-bond donors (Lipinski definition) is 2. The fourth-order valence-electron chi connectivity index (χ4n) is 4.06. The molecule has 1 saturated heterocycles. The Morgan fingerprint density at radius 2 is 1.58 bits per heavy atom. The molecule has 2 fully saturated rings. The molecule has 134 valence electrons. The van der Waals surface area contributed by atoms with Crippen molar-refractivity contribution in [3.8, 4) is 0 Å². The van der Waals surface area contributed by atoms with E-state index in [0.717, 1.165) is 25.6 Å². The number of nitrogens with two attached hydrogens (primary N) is 1.